The molecule has 1 aromatic heterocycles. The fourth-order valence-electron chi connectivity index (χ4n) is 3.98. The summed E-state index contributed by atoms with van der Waals surface area (Å²) in [5.74, 6) is -1.01. The summed E-state index contributed by atoms with van der Waals surface area (Å²) in [4.78, 5) is 4.41. The van der Waals surface area contributed by atoms with Crippen LogP contribution in [0.25, 0.3) is 28.5 Å². The lowest BCUT2D eigenvalue weighted by atomic mass is 10.00. The molecule has 3 nitrogen and oxygen atoms in total. The summed E-state index contributed by atoms with van der Waals surface area (Å²) in [7, 11) is 0. The molecular weight excluding hydrogens is 468 g/mol. The molecule has 3 rings (SSSR count). The number of hydrogen-bond donors (Lipinski definition) is 0. The number of aromatic nitrogens is 1. The molecule has 0 N–H and O–H groups in total. The highest BCUT2D eigenvalue weighted by molar-refractivity contribution is 5.70. The molecule has 0 saturated heterocycles. The number of benzene rings is 2. The Morgan fingerprint density at radius 2 is 1.73 bits per heavy atom. The molecule has 0 spiro atoms. The third-order valence-electron chi connectivity index (χ3n) is 6.14. The van der Waals surface area contributed by atoms with E-state index in [2.05, 4.69) is 25.4 Å². The molecule has 0 bridgehead atoms. The fourth-order valence-corrected chi connectivity index (χ4v) is 3.98. The predicted molar refractivity (Wildman–Crippen MR) is 149 cm³/mol. The lowest BCUT2D eigenvalue weighted by Gasteiger charge is -2.12. The first kappa shape index (κ1) is 28.3. The topological polar surface area (TPSA) is 31.4 Å². The molecule has 37 heavy (non-hydrogen) atoms. The molecule has 0 radical (unpaired) electrons. The van der Waals surface area contributed by atoms with Crippen molar-refractivity contribution in [3.05, 3.63) is 90.7 Å². The first-order valence-electron chi connectivity index (χ1n) is 13.1. The van der Waals surface area contributed by atoms with Gasteiger partial charge in [-0.2, -0.15) is 0 Å². The van der Waals surface area contributed by atoms with E-state index >= 15 is 0 Å². The Bertz CT molecular complexity index is 1140. The molecule has 0 aliphatic heterocycles. The summed E-state index contributed by atoms with van der Waals surface area (Å²) in [6.07, 6.45) is 13.3. The van der Waals surface area contributed by atoms with Crippen molar-refractivity contribution >= 4 is 6.08 Å². The molecule has 1 heterocycles. The van der Waals surface area contributed by atoms with Crippen molar-refractivity contribution in [1.82, 2.24) is 4.98 Å². The van der Waals surface area contributed by atoms with E-state index in [4.69, 9.17) is 9.47 Å². The zero-order valence-corrected chi connectivity index (χ0v) is 21.9. The molecule has 1 atom stereocenters. The van der Waals surface area contributed by atoms with Gasteiger partial charge < -0.3 is 9.47 Å². The summed E-state index contributed by atoms with van der Waals surface area (Å²) < 4.78 is 41.0. The molecule has 0 aliphatic rings. The molecule has 1 unspecified atom stereocenters. The van der Waals surface area contributed by atoms with Crippen LogP contribution in [-0.4, -0.2) is 24.3 Å². The van der Waals surface area contributed by atoms with Gasteiger partial charge in [0.2, 0.25) is 0 Å². The van der Waals surface area contributed by atoms with Gasteiger partial charge in [-0.15, -0.1) is 0 Å². The summed E-state index contributed by atoms with van der Waals surface area (Å²) in [6.45, 7) is 9.11. The quantitative estimate of drug-likeness (QED) is 0.152. The minimum Gasteiger partial charge on any atom is -0.488 e. The zero-order valence-electron chi connectivity index (χ0n) is 21.9. The number of rotatable bonds is 15. The van der Waals surface area contributed by atoms with Crippen LogP contribution in [-0.2, 0) is 4.74 Å². The summed E-state index contributed by atoms with van der Waals surface area (Å²) in [5, 5.41) is 0. The minimum atomic E-state index is -0.842. The first-order valence-corrected chi connectivity index (χ1v) is 13.1. The summed E-state index contributed by atoms with van der Waals surface area (Å²) in [6, 6.07) is 14.2. The van der Waals surface area contributed by atoms with Gasteiger partial charge in [-0.1, -0.05) is 81.0 Å². The summed E-state index contributed by atoms with van der Waals surface area (Å²) >= 11 is 0. The van der Waals surface area contributed by atoms with Crippen LogP contribution < -0.4 is 4.74 Å². The van der Waals surface area contributed by atoms with E-state index in [0.717, 1.165) is 43.5 Å². The van der Waals surface area contributed by atoms with E-state index in [1.54, 1.807) is 42.6 Å². The average molecular weight is 506 g/mol. The second-order valence-electron chi connectivity index (χ2n) is 9.11. The molecular formula is C32H37F2NO2. The lowest BCUT2D eigenvalue weighted by Crippen LogP contribution is -2.08. The third kappa shape index (κ3) is 8.64. The predicted octanol–water partition coefficient (Wildman–Crippen LogP) is 9.04. The highest BCUT2D eigenvalue weighted by atomic mass is 19.2. The SMILES string of the molecule is C=CCOc1ccc(-c2ccc(-c3ccc(/C=C/CCCC(C)OCCCCC)c(F)c3F)cc2)nc1. The van der Waals surface area contributed by atoms with E-state index in [-0.39, 0.29) is 17.2 Å². The average Bonchev–Trinajstić information content (AvgIpc) is 2.92. The van der Waals surface area contributed by atoms with Gasteiger partial charge in [0.05, 0.1) is 18.0 Å². The van der Waals surface area contributed by atoms with Crippen LogP contribution in [0.5, 0.6) is 5.75 Å². The first-order chi connectivity index (χ1) is 18.0. The van der Waals surface area contributed by atoms with Gasteiger partial charge >= 0.3 is 0 Å². The van der Waals surface area contributed by atoms with Crippen LogP contribution in [0.15, 0.2) is 73.5 Å². The number of ether oxygens (including phenoxy) is 2. The number of nitrogens with zero attached hydrogens (tertiary/aromatic N) is 1. The van der Waals surface area contributed by atoms with Crippen molar-refractivity contribution in [1.29, 1.82) is 0 Å². The van der Waals surface area contributed by atoms with E-state index in [1.165, 1.54) is 12.8 Å². The van der Waals surface area contributed by atoms with Gasteiger partial charge in [-0.3, -0.25) is 4.98 Å². The van der Waals surface area contributed by atoms with Crippen LogP contribution >= 0.6 is 0 Å². The highest BCUT2D eigenvalue weighted by Crippen LogP contribution is 2.29. The van der Waals surface area contributed by atoms with E-state index in [9.17, 15) is 8.78 Å². The van der Waals surface area contributed by atoms with Crippen molar-refractivity contribution in [2.45, 2.75) is 58.5 Å². The Balaban J connectivity index is 1.56. The van der Waals surface area contributed by atoms with Crippen LogP contribution in [0.1, 0.15) is 57.9 Å². The maximum Gasteiger partial charge on any atom is 0.167 e. The molecule has 0 fully saturated rings. The Kier molecular flexibility index (Phi) is 11.5. The minimum absolute atomic E-state index is 0.219. The Hall–Kier alpha value is -3.31. The van der Waals surface area contributed by atoms with E-state index < -0.39 is 11.6 Å². The Morgan fingerprint density at radius 3 is 2.43 bits per heavy atom. The number of unbranched alkanes of at least 4 members (excludes halogenated alkanes) is 3. The van der Waals surface area contributed by atoms with Crippen molar-refractivity contribution in [2.75, 3.05) is 13.2 Å². The standard InChI is InChI=1S/C32H37F2NO2/c1-4-6-10-22-36-24(3)11-8-7-9-12-27-17-19-29(32(34)31(27)33)25-13-15-26(16-14-25)30-20-18-28(23-35-30)37-21-5-2/h5,9,12-20,23-24H,2,4,6-8,10-11,21-22H2,1,3H3/b12-9+. The van der Waals surface area contributed by atoms with Gasteiger partial charge in [0.1, 0.15) is 12.4 Å². The largest absolute Gasteiger partial charge is 0.488 e. The van der Waals surface area contributed by atoms with Gasteiger partial charge in [-0.25, -0.2) is 8.78 Å². The molecule has 0 aliphatic carbocycles. The molecule has 5 heteroatoms. The fraction of sp³-hybridized carbons (Fsp3) is 0.344. The normalized spacial score (nSPS) is 12.1. The summed E-state index contributed by atoms with van der Waals surface area (Å²) in [5.41, 5.74) is 2.73. The lowest BCUT2D eigenvalue weighted by molar-refractivity contribution is 0.0566. The maximum atomic E-state index is 14.9. The Morgan fingerprint density at radius 1 is 0.946 bits per heavy atom. The molecule has 2 aromatic carbocycles. The third-order valence-corrected chi connectivity index (χ3v) is 6.14. The van der Waals surface area contributed by atoms with Crippen molar-refractivity contribution < 1.29 is 18.3 Å². The van der Waals surface area contributed by atoms with E-state index in [0.29, 0.717) is 17.9 Å². The van der Waals surface area contributed by atoms with E-state index in [1.807, 2.05) is 30.3 Å². The smallest absolute Gasteiger partial charge is 0.167 e. The van der Waals surface area contributed by atoms with Gasteiger partial charge in [0, 0.05) is 23.3 Å². The van der Waals surface area contributed by atoms with Gasteiger partial charge in [0.25, 0.3) is 0 Å². The van der Waals surface area contributed by atoms with Crippen LogP contribution in [0.3, 0.4) is 0 Å². The molecule has 0 amide bonds. The monoisotopic (exact) mass is 505 g/mol. The van der Waals surface area contributed by atoms with Crippen molar-refractivity contribution in [3.8, 4) is 28.1 Å². The highest BCUT2D eigenvalue weighted by Gasteiger charge is 2.14. The number of halogens is 2. The molecule has 196 valence electrons. The van der Waals surface area contributed by atoms with Crippen LogP contribution in [0.4, 0.5) is 8.78 Å². The van der Waals surface area contributed by atoms with Crippen molar-refractivity contribution in [2.24, 2.45) is 0 Å². The second-order valence-corrected chi connectivity index (χ2v) is 9.11. The zero-order chi connectivity index (χ0) is 26.5. The van der Waals surface area contributed by atoms with Crippen LogP contribution in [0.2, 0.25) is 0 Å². The maximum absolute atomic E-state index is 14.9. The van der Waals surface area contributed by atoms with Crippen molar-refractivity contribution in [3.63, 3.8) is 0 Å². The number of allylic oxidation sites excluding steroid dienone is 1. The Labute approximate surface area is 219 Å². The number of pyridine rings is 1. The second kappa shape index (κ2) is 15.1. The molecule has 3 aromatic rings. The van der Waals surface area contributed by atoms with Crippen LogP contribution in [0, 0.1) is 11.6 Å². The van der Waals surface area contributed by atoms with Gasteiger partial charge in [0.15, 0.2) is 11.6 Å². The number of hydrogen-bond acceptors (Lipinski definition) is 3. The van der Waals surface area contributed by atoms with Gasteiger partial charge in [-0.05, 0) is 50.3 Å². The molecule has 0 saturated carbocycles.